The van der Waals surface area contributed by atoms with Crippen molar-refractivity contribution in [2.45, 2.75) is 19.9 Å². The van der Waals surface area contributed by atoms with Crippen molar-refractivity contribution >= 4 is 28.8 Å². The Bertz CT molecular complexity index is 1190. The number of aromatic nitrogens is 1. The van der Waals surface area contributed by atoms with E-state index >= 15 is 0 Å². The van der Waals surface area contributed by atoms with E-state index in [1.165, 1.54) is 7.11 Å². The van der Waals surface area contributed by atoms with Gasteiger partial charge in [-0.05, 0) is 44.2 Å². The maximum atomic E-state index is 12.9. The lowest BCUT2D eigenvalue weighted by molar-refractivity contribution is -0.123. The van der Waals surface area contributed by atoms with E-state index in [0.29, 0.717) is 33.7 Å². The summed E-state index contributed by atoms with van der Waals surface area (Å²) in [5.41, 5.74) is 2.04. The van der Waals surface area contributed by atoms with Gasteiger partial charge in [-0.1, -0.05) is 18.2 Å². The molecule has 0 saturated carbocycles. The van der Waals surface area contributed by atoms with Crippen LogP contribution in [0.1, 0.15) is 24.2 Å². The summed E-state index contributed by atoms with van der Waals surface area (Å²) in [5.74, 6) is -0.366. The van der Waals surface area contributed by atoms with Gasteiger partial charge in [0.1, 0.15) is 0 Å². The van der Waals surface area contributed by atoms with E-state index in [2.05, 4.69) is 15.6 Å². The van der Waals surface area contributed by atoms with Crippen molar-refractivity contribution in [3.8, 4) is 22.8 Å². The highest BCUT2D eigenvalue weighted by molar-refractivity contribution is 6.05. The minimum Gasteiger partial charge on any atom is -0.493 e. The molecule has 3 amide bonds. The standard InChI is InChI=1S/C24H25N3O6/c1-14(2)25-24(30)27-22(28)13-33-23(29)17-12-19(26-18-8-6-5-7-16(17)18)15-9-10-20(31-3)21(11-15)32-4/h5-12,14H,13H2,1-4H3,(H2,25,27,28,30). The monoisotopic (exact) mass is 451 g/mol. The summed E-state index contributed by atoms with van der Waals surface area (Å²) in [5, 5.41) is 5.21. The van der Waals surface area contributed by atoms with Gasteiger partial charge in [0.2, 0.25) is 0 Å². The van der Waals surface area contributed by atoms with Crippen LogP contribution in [-0.4, -0.2) is 49.8 Å². The first kappa shape index (κ1) is 23.5. The summed E-state index contributed by atoms with van der Waals surface area (Å²) in [6, 6.07) is 13.2. The number of nitrogens with one attached hydrogen (secondary N) is 2. The summed E-state index contributed by atoms with van der Waals surface area (Å²) < 4.78 is 15.8. The quantitative estimate of drug-likeness (QED) is 0.530. The molecule has 2 N–H and O–H groups in total. The number of para-hydroxylation sites is 1. The van der Waals surface area contributed by atoms with Crippen molar-refractivity contribution in [2.75, 3.05) is 20.8 Å². The average Bonchev–Trinajstić information content (AvgIpc) is 2.80. The van der Waals surface area contributed by atoms with Crippen LogP contribution in [0.15, 0.2) is 48.5 Å². The topological polar surface area (TPSA) is 116 Å². The van der Waals surface area contributed by atoms with E-state index in [-0.39, 0.29) is 11.6 Å². The highest BCUT2D eigenvalue weighted by Gasteiger charge is 2.18. The number of imide groups is 1. The van der Waals surface area contributed by atoms with Crippen LogP contribution in [0.3, 0.4) is 0 Å². The second-order valence-corrected chi connectivity index (χ2v) is 7.39. The Kier molecular flexibility index (Phi) is 7.45. The summed E-state index contributed by atoms with van der Waals surface area (Å²) in [7, 11) is 3.08. The summed E-state index contributed by atoms with van der Waals surface area (Å²) in [6.07, 6.45) is 0. The summed E-state index contributed by atoms with van der Waals surface area (Å²) in [4.78, 5) is 41.1. The van der Waals surface area contributed by atoms with Crippen molar-refractivity contribution in [1.82, 2.24) is 15.6 Å². The molecule has 0 bridgehead atoms. The van der Waals surface area contributed by atoms with E-state index in [0.717, 1.165) is 0 Å². The third kappa shape index (κ3) is 5.76. The predicted octanol–water partition coefficient (Wildman–Crippen LogP) is 3.31. The number of pyridine rings is 1. The second-order valence-electron chi connectivity index (χ2n) is 7.39. The lowest BCUT2D eigenvalue weighted by atomic mass is 10.0. The molecule has 172 valence electrons. The number of carbonyl (C=O) groups is 3. The molecule has 0 saturated heterocycles. The zero-order chi connectivity index (χ0) is 24.0. The maximum Gasteiger partial charge on any atom is 0.339 e. The van der Waals surface area contributed by atoms with E-state index < -0.39 is 24.5 Å². The van der Waals surface area contributed by atoms with Gasteiger partial charge in [0, 0.05) is 17.0 Å². The van der Waals surface area contributed by atoms with Gasteiger partial charge in [-0.2, -0.15) is 0 Å². The highest BCUT2D eigenvalue weighted by Crippen LogP contribution is 2.33. The fraction of sp³-hybridized carbons (Fsp3) is 0.250. The van der Waals surface area contributed by atoms with Crippen LogP contribution < -0.4 is 20.1 Å². The minimum atomic E-state index is -0.736. The van der Waals surface area contributed by atoms with E-state index in [9.17, 15) is 14.4 Å². The molecular formula is C24H25N3O6. The third-order valence-electron chi connectivity index (χ3n) is 4.62. The Morgan fingerprint density at radius 3 is 2.39 bits per heavy atom. The molecule has 0 aliphatic rings. The Balaban J connectivity index is 1.87. The number of benzene rings is 2. The first-order valence-corrected chi connectivity index (χ1v) is 10.2. The van der Waals surface area contributed by atoms with Crippen LogP contribution in [0.5, 0.6) is 11.5 Å². The van der Waals surface area contributed by atoms with Crippen LogP contribution in [-0.2, 0) is 9.53 Å². The normalized spacial score (nSPS) is 10.6. The molecular weight excluding hydrogens is 426 g/mol. The Morgan fingerprint density at radius 1 is 0.970 bits per heavy atom. The third-order valence-corrected chi connectivity index (χ3v) is 4.62. The van der Waals surface area contributed by atoms with Crippen LogP contribution in [0.4, 0.5) is 4.79 Å². The highest BCUT2D eigenvalue weighted by atomic mass is 16.5. The van der Waals surface area contributed by atoms with Crippen molar-refractivity contribution in [3.05, 3.63) is 54.1 Å². The van der Waals surface area contributed by atoms with Gasteiger partial charge < -0.3 is 19.5 Å². The smallest absolute Gasteiger partial charge is 0.339 e. The van der Waals surface area contributed by atoms with Crippen LogP contribution >= 0.6 is 0 Å². The van der Waals surface area contributed by atoms with Gasteiger partial charge in [-0.3, -0.25) is 10.1 Å². The fourth-order valence-electron chi connectivity index (χ4n) is 3.16. The summed E-state index contributed by atoms with van der Waals surface area (Å²) in [6.45, 7) is 2.91. The zero-order valence-electron chi connectivity index (χ0n) is 18.8. The van der Waals surface area contributed by atoms with Gasteiger partial charge in [0.05, 0.1) is 31.0 Å². The molecule has 3 rings (SSSR count). The molecule has 9 nitrogen and oxygen atoms in total. The molecule has 0 radical (unpaired) electrons. The Labute approximate surface area is 191 Å². The number of rotatable bonds is 7. The number of nitrogens with zero attached hydrogens (tertiary/aromatic N) is 1. The number of urea groups is 1. The van der Waals surface area contributed by atoms with Gasteiger partial charge >= 0.3 is 12.0 Å². The van der Waals surface area contributed by atoms with Gasteiger partial charge in [-0.25, -0.2) is 14.6 Å². The van der Waals surface area contributed by atoms with E-state index in [1.807, 2.05) is 6.07 Å². The molecule has 0 atom stereocenters. The van der Waals surface area contributed by atoms with E-state index in [1.54, 1.807) is 63.4 Å². The molecule has 0 aliphatic carbocycles. The maximum absolute atomic E-state index is 12.9. The number of hydrogen-bond donors (Lipinski definition) is 2. The average molecular weight is 451 g/mol. The van der Waals surface area contributed by atoms with Crippen LogP contribution in [0.2, 0.25) is 0 Å². The fourth-order valence-corrected chi connectivity index (χ4v) is 3.16. The molecule has 9 heteroatoms. The first-order chi connectivity index (χ1) is 15.8. The molecule has 0 aliphatic heterocycles. The molecule has 2 aromatic carbocycles. The number of carbonyl (C=O) groups excluding carboxylic acids is 3. The van der Waals surface area contributed by atoms with Crippen LogP contribution in [0, 0.1) is 0 Å². The minimum absolute atomic E-state index is 0.140. The Morgan fingerprint density at radius 2 is 1.70 bits per heavy atom. The lowest BCUT2D eigenvalue weighted by Crippen LogP contribution is -2.44. The molecule has 0 spiro atoms. The number of fused-ring (bicyclic) bond motifs is 1. The zero-order valence-corrected chi connectivity index (χ0v) is 18.8. The Hall–Kier alpha value is -4.14. The molecule has 33 heavy (non-hydrogen) atoms. The van der Waals surface area contributed by atoms with Gasteiger partial charge in [0.25, 0.3) is 5.91 Å². The number of ether oxygens (including phenoxy) is 3. The van der Waals surface area contributed by atoms with Gasteiger partial charge in [0.15, 0.2) is 18.1 Å². The van der Waals surface area contributed by atoms with E-state index in [4.69, 9.17) is 14.2 Å². The number of amides is 3. The molecule has 0 unspecified atom stereocenters. The van der Waals surface area contributed by atoms with Gasteiger partial charge in [-0.15, -0.1) is 0 Å². The molecule has 3 aromatic rings. The SMILES string of the molecule is COc1ccc(-c2cc(C(=O)OCC(=O)NC(=O)NC(C)C)c3ccccc3n2)cc1OC. The number of hydrogen-bond acceptors (Lipinski definition) is 7. The van der Waals surface area contributed by atoms with Crippen LogP contribution in [0.25, 0.3) is 22.2 Å². The predicted molar refractivity (Wildman–Crippen MR) is 122 cm³/mol. The molecule has 0 fully saturated rings. The summed E-state index contributed by atoms with van der Waals surface area (Å²) >= 11 is 0. The first-order valence-electron chi connectivity index (χ1n) is 10.2. The van der Waals surface area contributed by atoms with Crippen molar-refractivity contribution in [3.63, 3.8) is 0 Å². The second kappa shape index (κ2) is 10.4. The largest absolute Gasteiger partial charge is 0.493 e. The lowest BCUT2D eigenvalue weighted by Gasteiger charge is -2.12. The van der Waals surface area contributed by atoms with Crippen molar-refractivity contribution in [2.24, 2.45) is 0 Å². The molecule has 1 heterocycles. The number of esters is 1. The van der Waals surface area contributed by atoms with Crippen molar-refractivity contribution < 1.29 is 28.6 Å². The molecule has 1 aromatic heterocycles. The van der Waals surface area contributed by atoms with Crippen molar-refractivity contribution in [1.29, 1.82) is 0 Å². The number of methoxy groups -OCH3 is 2.